The number of rotatable bonds is 12. The number of ether oxygens (including phenoxy) is 3. The lowest BCUT2D eigenvalue weighted by Gasteiger charge is -2.28. The largest absolute Gasteiger partial charge is 0.493 e. The van der Waals surface area contributed by atoms with E-state index in [0.29, 0.717) is 48.5 Å². The van der Waals surface area contributed by atoms with Crippen molar-refractivity contribution in [2.75, 3.05) is 25.6 Å². The van der Waals surface area contributed by atoms with Crippen molar-refractivity contribution >= 4 is 22.7 Å². The molecule has 9 heteroatoms. The zero-order chi connectivity index (χ0) is 23.1. The molecule has 0 saturated carbocycles. The molecule has 174 valence electrons. The molecule has 1 N–H and O–H groups in total. The standard InChI is InChI=1S/C22H34N2O6S/c1-7-11-16(17-12-15(27-8-2)13-18(25)30-17)23-19(26)21(5)14-31-20(24-21)22(6,28-9-3)29-10-4/h12-13,16H,7-11,14H2,1-6H3,(H,23,26)/t16-,21+/m1/s1. The number of nitrogens with zero attached hydrogens (tertiary/aromatic N) is 1. The van der Waals surface area contributed by atoms with Crippen LogP contribution in [0.2, 0.25) is 0 Å². The molecule has 0 bridgehead atoms. The average Bonchev–Trinajstić information content (AvgIpc) is 3.12. The van der Waals surface area contributed by atoms with E-state index in [-0.39, 0.29) is 5.91 Å². The van der Waals surface area contributed by atoms with Crippen molar-refractivity contribution in [2.45, 2.75) is 71.8 Å². The first-order valence-corrected chi connectivity index (χ1v) is 11.8. The van der Waals surface area contributed by atoms with Gasteiger partial charge in [-0.1, -0.05) is 13.3 Å². The van der Waals surface area contributed by atoms with Gasteiger partial charge in [-0.25, -0.2) is 4.79 Å². The number of carbonyl (C=O) groups excluding carboxylic acids is 1. The highest BCUT2D eigenvalue weighted by Crippen LogP contribution is 2.35. The van der Waals surface area contributed by atoms with Crippen LogP contribution in [0.5, 0.6) is 5.75 Å². The van der Waals surface area contributed by atoms with Gasteiger partial charge in [-0.15, -0.1) is 11.8 Å². The highest BCUT2D eigenvalue weighted by Gasteiger charge is 2.45. The summed E-state index contributed by atoms with van der Waals surface area (Å²) in [7, 11) is 0. The fraction of sp³-hybridized carbons (Fsp3) is 0.682. The molecule has 1 aromatic heterocycles. The van der Waals surface area contributed by atoms with Crippen molar-refractivity contribution in [3.8, 4) is 5.75 Å². The first kappa shape index (κ1) is 25.4. The van der Waals surface area contributed by atoms with E-state index in [1.807, 2.05) is 34.6 Å². The molecule has 1 aliphatic heterocycles. The van der Waals surface area contributed by atoms with Crippen LogP contribution in [0.25, 0.3) is 0 Å². The predicted octanol–water partition coefficient (Wildman–Crippen LogP) is 3.69. The van der Waals surface area contributed by atoms with Gasteiger partial charge in [0, 0.05) is 25.0 Å². The first-order valence-electron chi connectivity index (χ1n) is 10.8. The van der Waals surface area contributed by atoms with E-state index in [1.54, 1.807) is 13.0 Å². The second kappa shape index (κ2) is 11.2. The lowest BCUT2D eigenvalue weighted by atomic mass is 10.0. The quantitative estimate of drug-likeness (QED) is 0.481. The van der Waals surface area contributed by atoms with Crippen molar-refractivity contribution in [3.05, 3.63) is 28.3 Å². The monoisotopic (exact) mass is 454 g/mol. The van der Waals surface area contributed by atoms with E-state index < -0.39 is 23.0 Å². The Labute approximate surface area is 188 Å². The van der Waals surface area contributed by atoms with Crippen LogP contribution in [-0.4, -0.2) is 47.9 Å². The van der Waals surface area contributed by atoms with Crippen LogP contribution in [0.4, 0.5) is 0 Å². The van der Waals surface area contributed by atoms with Gasteiger partial charge in [0.15, 0.2) is 0 Å². The Morgan fingerprint density at radius 3 is 2.52 bits per heavy atom. The third kappa shape index (κ3) is 6.33. The third-order valence-corrected chi connectivity index (χ3v) is 6.30. The van der Waals surface area contributed by atoms with Gasteiger partial charge in [0.25, 0.3) is 0 Å². The second-order valence-electron chi connectivity index (χ2n) is 7.55. The molecular weight excluding hydrogens is 420 g/mol. The summed E-state index contributed by atoms with van der Waals surface area (Å²) >= 11 is 1.46. The molecule has 2 heterocycles. The zero-order valence-corrected chi connectivity index (χ0v) is 20.1. The molecule has 0 fully saturated rings. The number of thioether (sulfide) groups is 1. The minimum absolute atomic E-state index is 0.242. The van der Waals surface area contributed by atoms with Crippen molar-refractivity contribution in [1.29, 1.82) is 0 Å². The van der Waals surface area contributed by atoms with Gasteiger partial charge in [0.05, 0.1) is 18.7 Å². The number of amides is 1. The van der Waals surface area contributed by atoms with E-state index >= 15 is 0 Å². The van der Waals surface area contributed by atoms with E-state index in [9.17, 15) is 9.59 Å². The van der Waals surface area contributed by atoms with Crippen LogP contribution >= 0.6 is 11.8 Å². The second-order valence-corrected chi connectivity index (χ2v) is 8.52. The Morgan fingerprint density at radius 1 is 1.26 bits per heavy atom. The minimum Gasteiger partial charge on any atom is -0.493 e. The molecule has 0 aliphatic carbocycles. The summed E-state index contributed by atoms with van der Waals surface area (Å²) < 4.78 is 22.4. The van der Waals surface area contributed by atoms with Crippen LogP contribution in [0, 0.1) is 0 Å². The number of carbonyl (C=O) groups is 1. The fourth-order valence-electron chi connectivity index (χ4n) is 3.35. The molecule has 8 nitrogen and oxygen atoms in total. The first-order chi connectivity index (χ1) is 14.7. The lowest BCUT2D eigenvalue weighted by Crippen LogP contribution is -2.45. The van der Waals surface area contributed by atoms with Crippen LogP contribution in [0.1, 0.15) is 66.2 Å². The van der Waals surface area contributed by atoms with Gasteiger partial charge in [0.1, 0.15) is 22.1 Å². The predicted molar refractivity (Wildman–Crippen MR) is 122 cm³/mol. The molecule has 0 spiro atoms. The smallest absolute Gasteiger partial charge is 0.339 e. The summed E-state index contributed by atoms with van der Waals surface area (Å²) in [6.07, 6.45) is 1.40. The number of hydrogen-bond acceptors (Lipinski definition) is 8. The fourth-order valence-corrected chi connectivity index (χ4v) is 4.60. The molecule has 0 saturated heterocycles. The van der Waals surface area contributed by atoms with Crippen molar-refractivity contribution in [3.63, 3.8) is 0 Å². The number of hydrogen-bond donors (Lipinski definition) is 1. The van der Waals surface area contributed by atoms with Crippen molar-refractivity contribution in [1.82, 2.24) is 5.32 Å². The molecular formula is C22H34N2O6S. The Balaban J connectivity index is 2.26. The van der Waals surface area contributed by atoms with E-state index in [4.69, 9.17) is 23.6 Å². The molecule has 2 atom stereocenters. The SMILES string of the molecule is CCC[C@@H](NC(=O)[C@]1(C)CSC(C(C)(OCC)OCC)=N1)c1cc(OCC)cc(=O)o1. The number of aliphatic imine (C=N–C) groups is 1. The van der Waals surface area contributed by atoms with E-state index in [1.165, 1.54) is 17.8 Å². The Kier molecular flexibility index (Phi) is 9.14. The summed E-state index contributed by atoms with van der Waals surface area (Å²) in [6.45, 7) is 12.6. The maximum Gasteiger partial charge on any atom is 0.339 e. The molecule has 0 aromatic carbocycles. The molecule has 0 unspecified atom stereocenters. The third-order valence-electron chi connectivity index (χ3n) is 4.86. The lowest BCUT2D eigenvalue weighted by molar-refractivity contribution is -0.169. The summed E-state index contributed by atoms with van der Waals surface area (Å²) in [5.74, 6) is 0.0434. The Hall–Kier alpha value is -1.84. The topological polar surface area (TPSA) is 99.4 Å². The van der Waals surface area contributed by atoms with Crippen LogP contribution in [-0.2, 0) is 14.3 Å². The summed E-state index contributed by atoms with van der Waals surface area (Å²) in [6, 6.07) is 2.50. The van der Waals surface area contributed by atoms with Crippen LogP contribution in [0.15, 0.2) is 26.3 Å². The minimum atomic E-state index is -0.987. The molecule has 2 rings (SSSR count). The summed E-state index contributed by atoms with van der Waals surface area (Å²) in [5, 5.41) is 3.66. The van der Waals surface area contributed by atoms with Crippen LogP contribution in [0.3, 0.4) is 0 Å². The maximum absolute atomic E-state index is 13.2. The highest BCUT2D eigenvalue weighted by molar-refractivity contribution is 8.14. The molecule has 31 heavy (non-hydrogen) atoms. The molecule has 0 radical (unpaired) electrons. The zero-order valence-electron chi connectivity index (χ0n) is 19.3. The molecule has 1 aromatic rings. The number of nitrogens with one attached hydrogen (secondary N) is 1. The molecule has 1 aliphatic rings. The van der Waals surface area contributed by atoms with Gasteiger partial charge in [-0.3, -0.25) is 9.79 Å². The van der Waals surface area contributed by atoms with E-state index in [2.05, 4.69) is 5.32 Å². The maximum atomic E-state index is 13.2. The van der Waals surface area contributed by atoms with Gasteiger partial charge in [0.2, 0.25) is 11.7 Å². The van der Waals surface area contributed by atoms with Gasteiger partial charge >= 0.3 is 5.63 Å². The highest BCUT2D eigenvalue weighted by atomic mass is 32.2. The average molecular weight is 455 g/mol. The normalized spacial score (nSPS) is 19.7. The summed E-state index contributed by atoms with van der Waals surface area (Å²) in [5.41, 5.74) is -1.50. The summed E-state index contributed by atoms with van der Waals surface area (Å²) in [4.78, 5) is 29.9. The van der Waals surface area contributed by atoms with Gasteiger partial charge in [-0.05, 0) is 41.0 Å². The molecule has 1 amide bonds. The van der Waals surface area contributed by atoms with E-state index in [0.717, 1.165) is 6.42 Å². The van der Waals surface area contributed by atoms with Gasteiger partial charge in [-0.2, -0.15) is 0 Å². The van der Waals surface area contributed by atoms with Crippen molar-refractivity contribution in [2.24, 2.45) is 4.99 Å². The Bertz CT molecular complexity index is 834. The van der Waals surface area contributed by atoms with Gasteiger partial charge < -0.3 is 23.9 Å². The van der Waals surface area contributed by atoms with Crippen LogP contribution < -0.4 is 15.7 Å². The van der Waals surface area contributed by atoms with Crippen molar-refractivity contribution < 1.29 is 23.4 Å². The Morgan fingerprint density at radius 2 is 1.94 bits per heavy atom.